The predicted molar refractivity (Wildman–Crippen MR) is 76.4 cm³/mol. The molecule has 1 aliphatic carbocycles. The average Bonchev–Trinajstić information content (AvgIpc) is 3.09. The van der Waals surface area contributed by atoms with Gasteiger partial charge in [0.2, 0.25) is 15.9 Å². The van der Waals surface area contributed by atoms with Crippen molar-refractivity contribution in [2.45, 2.75) is 31.1 Å². The molecule has 3 N–H and O–H groups in total. The summed E-state index contributed by atoms with van der Waals surface area (Å²) in [4.78, 5) is 11.7. The van der Waals surface area contributed by atoms with Crippen LogP contribution in [0.15, 0.2) is 29.2 Å². The number of primary sulfonamides is 1. The summed E-state index contributed by atoms with van der Waals surface area (Å²) in [5.41, 5.74) is 0.923. The Kier molecular flexibility index (Phi) is 4.45. The number of hydrogen-bond acceptors (Lipinski definition) is 3. The second kappa shape index (κ2) is 5.93. The first-order valence-electron chi connectivity index (χ1n) is 6.74. The van der Waals surface area contributed by atoms with E-state index in [0.29, 0.717) is 18.8 Å². The molecule has 0 spiro atoms. The molecule has 20 heavy (non-hydrogen) atoms. The lowest BCUT2D eigenvalue weighted by atomic mass is 10.1. The largest absolute Gasteiger partial charge is 0.356 e. The molecule has 0 bridgehead atoms. The Morgan fingerprint density at radius 1 is 1.35 bits per heavy atom. The Hall–Kier alpha value is -1.40. The zero-order valence-electron chi connectivity index (χ0n) is 11.5. The van der Waals surface area contributed by atoms with Crippen LogP contribution in [-0.4, -0.2) is 20.9 Å². The lowest BCUT2D eigenvalue weighted by Gasteiger charge is -2.05. The Morgan fingerprint density at radius 3 is 2.45 bits per heavy atom. The summed E-state index contributed by atoms with van der Waals surface area (Å²) in [6.45, 7) is 2.95. The zero-order chi connectivity index (χ0) is 14.8. The van der Waals surface area contributed by atoms with Gasteiger partial charge in [-0.2, -0.15) is 0 Å². The third-order valence-electron chi connectivity index (χ3n) is 3.73. The number of carbonyl (C=O) groups excluding carboxylic acids is 1. The van der Waals surface area contributed by atoms with Gasteiger partial charge in [0, 0.05) is 13.0 Å². The molecule has 0 aromatic heterocycles. The van der Waals surface area contributed by atoms with Gasteiger partial charge >= 0.3 is 0 Å². The van der Waals surface area contributed by atoms with E-state index in [1.54, 1.807) is 12.1 Å². The van der Waals surface area contributed by atoms with Gasteiger partial charge in [0.1, 0.15) is 0 Å². The molecule has 0 saturated heterocycles. The molecule has 1 saturated carbocycles. The lowest BCUT2D eigenvalue weighted by molar-refractivity contribution is -0.121. The minimum atomic E-state index is -3.65. The van der Waals surface area contributed by atoms with Crippen LogP contribution in [0.2, 0.25) is 0 Å². The second-order valence-electron chi connectivity index (χ2n) is 5.47. The van der Waals surface area contributed by atoms with E-state index in [0.717, 1.165) is 18.0 Å². The van der Waals surface area contributed by atoms with Gasteiger partial charge < -0.3 is 5.32 Å². The summed E-state index contributed by atoms with van der Waals surface area (Å²) in [5, 5.41) is 7.95. The standard InChI is InChI=1S/C14H20N2O3S/c1-10-8-12(10)9-16-14(17)7-4-11-2-5-13(6-3-11)20(15,18)19/h2-3,5-6,10,12H,4,7-9H2,1H3,(H,16,17)(H2,15,18,19). The maximum Gasteiger partial charge on any atom is 0.238 e. The highest BCUT2D eigenvalue weighted by atomic mass is 32.2. The van der Waals surface area contributed by atoms with Gasteiger partial charge in [0.05, 0.1) is 4.90 Å². The van der Waals surface area contributed by atoms with Crippen molar-refractivity contribution < 1.29 is 13.2 Å². The topological polar surface area (TPSA) is 89.3 Å². The van der Waals surface area contributed by atoms with E-state index >= 15 is 0 Å². The monoisotopic (exact) mass is 296 g/mol. The Bertz CT molecular complexity index is 581. The van der Waals surface area contributed by atoms with E-state index in [9.17, 15) is 13.2 Å². The molecule has 2 unspecified atom stereocenters. The fourth-order valence-electron chi connectivity index (χ4n) is 2.12. The van der Waals surface area contributed by atoms with Gasteiger partial charge in [-0.15, -0.1) is 0 Å². The molecule has 0 aliphatic heterocycles. The highest BCUT2D eigenvalue weighted by Gasteiger charge is 2.32. The van der Waals surface area contributed by atoms with Crippen molar-refractivity contribution in [2.24, 2.45) is 17.0 Å². The predicted octanol–water partition coefficient (Wildman–Crippen LogP) is 1.04. The van der Waals surface area contributed by atoms with Crippen molar-refractivity contribution in [2.75, 3.05) is 6.54 Å². The number of sulfonamides is 1. The van der Waals surface area contributed by atoms with Gasteiger partial charge in [0.15, 0.2) is 0 Å². The number of hydrogen-bond donors (Lipinski definition) is 2. The first-order valence-corrected chi connectivity index (χ1v) is 8.29. The normalized spacial score (nSPS) is 21.5. The number of carbonyl (C=O) groups is 1. The highest BCUT2D eigenvalue weighted by molar-refractivity contribution is 7.89. The van der Waals surface area contributed by atoms with Gasteiger partial charge in [-0.3, -0.25) is 4.79 Å². The van der Waals surface area contributed by atoms with Gasteiger partial charge in [0.25, 0.3) is 0 Å². The van der Waals surface area contributed by atoms with Crippen molar-refractivity contribution in [1.29, 1.82) is 0 Å². The fourth-order valence-corrected chi connectivity index (χ4v) is 2.64. The summed E-state index contributed by atoms with van der Waals surface area (Å²) in [7, 11) is -3.65. The van der Waals surface area contributed by atoms with Crippen LogP contribution in [0.1, 0.15) is 25.3 Å². The van der Waals surface area contributed by atoms with Gasteiger partial charge in [-0.25, -0.2) is 13.6 Å². The molecule has 110 valence electrons. The van der Waals surface area contributed by atoms with E-state index in [-0.39, 0.29) is 10.8 Å². The van der Waals surface area contributed by atoms with Crippen LogP contribution in [0.25, 0.3) is 0 Å². The molecular formula is C14H20N2O3S. The van der Waals surface area contributed by atoms with E-state index in [1.165, 1.54) is 18.6 Å². The molecule has 1 aromatic carbocycles. The maximum absolute atomic E-state index is 11.7. The van der Waals surface area contributed by atoms with Crippen LogP contribution in [-0.2, 0) is 21.2 Å². The quantitative estimate of drug-likeness (QED) is 0.822. The molecule has 2 rings (SSSR count). The van der Waals surface area contributed by atoms with Crippen LogP contribution in [0.3, 0.4) is 0 Å². The van der Waals surface area contributed by atoms with Crippen LogP contribution in [0.5, 0.6) is 0 Å². The van der Waals surface area contributed by atoms with Crippen molar-refractivity contribution >= 4 is 15.9 Å². The molecular weight excluding hydrogens is 276 g/mol. The molecule has 1 amide bonds. The van der Waals surface area contributed by atoms with E-state index < -0.39 is 10.0 Å². The summed E-state index contributed by atoms with van der Waals surface area (Å²) in [6.07, 6.45) is 2.21. The first-order chi connectivity index (χ1) is 9.36. The number of aryl methyl sites for hydroxylation is 1. The Balaban J connectivity index is 1.77. The smallest absolute Gasteiger partial charge is 0.238 e. The molecule has 0 radical (unpaired) electrons. The lowest BCUT2D eigenvalue weighted by Crippen LogP contribution is -2.26. The van der Waals surface area contributed by atoms with Crippen LogP contribution in [0.4, 0.5) is 0 Å². The molecule has 1 aliphatic rings. The van der Waals surface area contributed by atoms with Crippen molar-refractivity contribution in [3.05, 3.63) is 29.8 Å². The van der Waals surface area contributed by atoms with E-state index in [1.807, 2.05) is 0 Å². The molecule has 6 heteroatoms. The van der Waals surface area contributed by atoms with Crippen molar-refractivity contribution in [3.8, 4) is 0 Å². The summed E-state index contributed by atoms with van der Waals surface area (Å²) in [5.74, 6) is 1.42. The molecule has 1 aromatic rings. The van der Waals surface area contributed by atoms with Crippen LogP contribution < -0.4 is 10.5 Å². The van der Waals surface area contributed by atoms with E-state index in [2.05, 4.69) is 12.2 Å². The number of amides is 1. The maximum atomic E-state index is 11.7. The SMILES string of the molecule is CC1CC1CNC(=O)CCc1ccc(S(N)(=O)=O)cc1. The van der Waals surface area contributed by atoms with Crippen molar-refractivity contribution in [3.63, 3.8) is 0 Å². The summed E-state index contributed by atoms with van der Waals surface area (Å²) in [6, 6.07) is 6.31. The minimum Gasteiger partial charge on any atom is -0.356 e. The van der Waals surface area contributed by atoms with Crippen LogP contribution >= 0.6 is 0 Å². The van der Waals surface area contributed by atoms with Gasteiger partial charge in [-0.05, 0) is 42.4 Å². The van der Waals surface area contributed by atoms with Crippen LogP contribution in [0, 0.1) is 11.8 Å². The second-order valence-corrected chi connectivity index (χ2v) is 7.03. The Morgan fingerprint density at radius 2 is 1.95 bits per heavy atom. The Labute approximate surface area is 119 Å². The molecule has 5 nitrogen and oxygen atoms in total. The molecule has 0 heterocycles. The van der Waals surface area contributed by atoms with Gasteiger partial charge in [-0.1, -0.05) is 19.1 Å². The number of rotatable bonds is 6. The summed E-state index contributed by atoms with van der Waals surface area (Å²) >= 11 is 0. The minimum absolute atomic E-state index is 0.0413. The molecule has 2 atom stereocenters. The summed E-state index contributed by atoms with van der Waals surface area (Å²) < 4.78 is 22.2. The number of nitrogens with two attached hydrogens (primary N) is 1. The average molecular weight is 296 g/mol. The van der Waals surface area contributed by atoms with Crippen molar-refractivity contribution in [1.82, 2.24) is 5.32 Å². The third kappa shape index (κ3) is 4.31. The highest BCUT2D eigenvalue weighted by Crippen LogP contribution is 2.36. The zero-order valence-corrected chi connectivity index (χ0v) is 12.3. The molecule has 1 fully saturated rings. The number of benzene rings is 1. The first kappa shape index (κ1) is 15.0. The fraction of sp³-hybridized carbons (Fsp3) is 0.500. The third-order valence-corrected chi connectivity index (χ3v) is 4.66. The van der Waals surface area contributed by atoms with E-state index in [4.69, 9.17) is 5.14 Å². The number of nitrogens with one attached hydrogen (secondary N) is 1.